The fourth-order valence-corrected chi connectivity index (χ4v) is 0.983. The Morgan fingerprint density at radius 2 is 2.31 bits per heavy atom. The van der Waals surface area contributed by atoms with Crippen molar-refractivity contribution in [3.05, 3.63) is 29.3 Å². The van der Waals surface area contributed by atoms with Gasteiger partial charge in [-0.05, 0) is 25.1 Å². The number of hydrogen-bond acceptors (Lipinski definition) is 2. The molecule has 2 N–H and O–H groups in total. The van der Waals surface area contributed by atoms with Crippen LogP contribution in [0.5, 0.6) is 5.75 Å². The van der Waals surface area contributed by atoms with Crippen molar-refractivity contribution in [2.45, 2.75) is 13.0 Å². The molecule has 0 aromatic heterocycles. The fraction of sp³-hybridized carbons (Fsp3) is 0.222. The molecule has 0 aliphatic rings. The lowest BCUT2D eigenvalue weighted by Crippen LogP contribution is -2.30. The summed E-state index contributed by atoms with van der Waals surface area (Å²) in [6, 6.07) is 6.81. The number of amides is 1. The quantitative estimate of drug-likeness (QED) is 0.804. The van der Waals surface area contributed by atoms with E-state index in [4.69, 9.17) is 22.1 Å². The number of primary amides is 1. The van der Waals surface area contributed by atoms with Crippen molar-refractivity contribution in [1.29, 1.82) is 0 Å². The van der Waals surface area contributed by atoms with Gasteiger partial charge in [-0.2, -0.15) is 0 Å². The first-order valence-electron chi connectivity index (χ1n) is 3.81. The lowest BCUT2D eigenvalue weighted by atomic mass is 10.3. The van der Waals surface area contributed by atoms with Gasteiger partial charge in [0, 0.05) is 5.02 Å². The highest BCUT2D eigenvalue weighted by Gasteiger charge is 2.09. The van der Waals surface area contributed by atoms with Gasteiger partial charge in [-0.1, -0.05) is 17.7 Å². The summed E-state index contributed by atoms with van der Waals surface area (Å²) >= 11 is 5.71. The predicted octanol–water partition coefficient (Wildman–Crippen LogP) is 1.59. The molecule has 0 aliphatic heterocycles. The van der Waals surface area contributed by atoms with Crippen LogP contribution in [-0.2, 0) is 4.79 Å². The number of carbonyl (C=O) groups is 1. The van der Waals surface area contributed by atoms with Gasteiger partial charge in [0.25, 0.3) is 5.91 Å². The summed E-state index contributed by atoms with van der Waals surface area (Å²) in [7, 11) is 0. The molecular weight excluding hydrogens is 190 g/mol. The van der Waals surface area contributed by atoms with E-state index in [2.05, 4.69) is 0 Å². The van der Waals surface area contributed by atoms with E-state index in [-0.39, 0.29) is 0 Å². The average Bonchev–Trinajstić information content (AvgIpc) is 2.04. The Balaban J connectivity index is 2.69. The molecule has 0 unspecified atom stereocenters. The van der Waals surface area contributed by atoms with Crippen LogP contribution in [0.1, 0.15) is 6.92 Å². The van der Waals surface area contributed by atoms with Crippen LogP contribution in [0, 0.1) is 0 Å². The van der Waals surface area contributed by atoms with Crippen molar-refractivity contribution in [2.24, 2.45) is 5.73 Å². The van der Waals surface area contributed by atoms with Crippen molar-refractivity contribution in [2.75, 3.05) is 0 Å². The van der Waals surface area contributed by atoms with Crippen LogP contribution in [0.15, 0.2) is 24.3 Å². The minimum absolute atomic E-state index is 0.500. The van der Waals surface area contributed by atoms with E-state index in [1.54, 1.807) is 31.2 Å². The standard InChI is InChI=1S/C9H10ClNO2/c1-6(9(11)12)13-8-4-2-3-7(10)5-8/h2-6H,1H3,(H2,11,12)/t6-/m0/s1. The second-order valence-corrected chi connectivity index (χ2v) is 3.06. The Morgan fingerprint density at radius 3 is 2.85 bits per heavy atom. The van der Waals surface area contributed by atoms with Crippen molar-refractivity contribution < 1.29 is 9.53 Å². The topological polar surface area (TPSA) is 52.3 Å². The minimum Gasteiger partial charge on any atom is -0.481 e. The normalized spacial score (nSPS) is 12.2. The van der Waals surface area contributed by atoms with Crippen molar-refractivity contribution in [1.82, 2.24) is 0 Å². The summed E-state index contributed by atoms with van der Waals surface area (Å²) in [5, 5.41) is 0.564. The molecule has 0 heterocycles. The zero-order valence-corrected chi connectivity index (χ0v) is 7.91. The lowest BCUT2D eigenvalue weighted by molar-refractivity contribution is -0.123. The molecule has 3 nitrogen and oxygen atoms in total. The number of carbonyl (C=O) groups excluding carboxylic acids is 1. The smallest absolute Gasteiger partial charge is 0.258 e. The molecule has 1 rings (SSSR count). The van der Waals surface area contributed by atoms with Crippen LogP contribution < -0.4 is 10.5 Å². The van der Waals surface area contributed by atoms with Crippen molar-refractivity contribution >= 4 is 17.5 Å². The molecular formula is C9H10ClNO2. The van der Waals surface area contributed by atoms with E-state index in [9.17, 15) is 4.79 Å². The van der Waals surface area contributed by atoms with Gasteiger partial charge in [0.05, 0.1) is 0 Å². The zero-order valence-electron chi connectivity index (χ0n) is 7.16. The van der Waals surface area contributed by atoms with Gasteiger partial charge in [0.15, 0.2) is 6.10 Å². The third kappa shape index (κ3) is 2.95. The number of nitrogens with two attached hydrogens (primary N) is 1. The molecule has 0 spiro atoms. The lowest BCUT2D eigenvalue weighted by Gasteiger charge is -2.10. The van der Waals surface area contributed by atoms with E-state index in [0.717, 1.165) is 0 Å². The highest BCUT2D eigenvalue weighted by atomic mass is 35.5. The Bertz CT molecular complexity index is 314. The van der Waals surface area contributed by atoms with Crippen molar-refractivity contribution in [3.63, 3.8) is 0 Å². The first-order chi connectivity index (χ1) is 6.09. The van der Waals surface area contributed by atoms with Gasteiger partial charge in [0.2, 0.25) is 0 Å². The van der Waals surface area contributed by atoms with Crippen molar-refractivity contribution in [3.8, 4) is 5.75 Å². The summed E-state index contributed by atoms with van der Waals surface area (Å²) in [5.74, 6) is 0.0405. The van der Waals surface area contributed by atoms with E-state index in [0.29, 0.717) is 10.8 Å². The maximum atomic E-state index is 10.7. The SMILES string of the molecule is C[C@H](Oc1cccc(Cl)c1)C(N)=O. The van der Waals surface area contributed by atoms with E-state index in [1.807, 2.05) is 0 Å². The molecule has 1 atom stereocenters. The second-order valence-electron chi connectivity index (χ2n) is 2.62. The Morgan fingerprint density at radius 1 is 1.62 bits per heavy atom. The van der Waals surface area contributed by atoms with Crippen LogP contribution in [0.3, 0.4) is 0 Å². The summed E-state index contributed by atoms with van der Waals surface area (Å²) in [6.45, 7) is 1.59. The molecule has 4 heteroatoms. The van der Waals surface area contributed by atoms with E-state index < -0.39 is 12.0 Å². The molecule has 1 aromatic carbocycles. The number of ether oxygens (including phenoxy) is 1. The molecule has 0 aliphatic carbocycles. The van der Waals surface area contributed by atoms with Crippen LogP contribution in [0.2, 0.25) is 5.02 Å². The Hall–Kier alpha value is -1.22. The number of halogens is 1. The summed E-state index contributed by atoms with van der Waals surface area (Å²) < 4.78 is 5.20. The Kier molecular flexibility index (Phi) is 3.14. The summed E-state index contributed by atoms with van der Waals surface area (Å²) in [5.41, 5.74) is 5.02. The first kappa shape index (κ1) is 9.86. The average molecular weight is 200 g/mol. The minimum atomic E-state index is -0.640. The molecule has 0 bridgehead atoms. The van der Waals surface area contributed by atoms with E-state index >= 15 is 0 Å². The maximum Gasteiger partial charge on any atom is 0.258 e. The third-order valence-electron chi connectivity index (χ3n) is 1.51. The van der Waals surface area contributed by atoms with Gasteiger partial charge in [0.1, 0.15) is 5.75 Å². The van der Waals surface area contributed by atoms with Crippen LogP contribution in [0.4, 0.5) is 0 Å². The first-order valence-corrected chi connectivity index (χ1v) is 4.19. The largest absolute Gasteiger partial charge is 0.481 e. The molecule has 70 valence electrons. The second kappa shape index (κ2) is 4.14. The predicted molar refractivity (Wildman–Crippen MR) is 50.7 cm³/mol. The van der Waals surface area contributed by atoms with Gasteiger partial charge < -0.3 is 10.5 Å². The van der Waals surface area contributed by atoms with Crippen LogP contribution in [-0.4, -0.2) is 12.0 Å². The molecule has 0 radical (unpaired) electrons. The zero-order chi connectivity index (χ0) is 9.84. The highest BCUT2D eigenvalue weighted by molar-refractivity contribution is 6.30. The number of rotatable bonds is 3. The molecule has 1 aromatic rings. The van der Waals surface area contributed by atoms with Gasteiger partial charge in [-0.15, -0.1) is 0 Å². The summed E-state index contributed by atoms with van der Waals surface area (Å²) in [4.78, 5) is 10.7. The number of hydrogen-bond donors (Lipinski definition) is 1. The molecule has 1 amide bonds. The van der Waals surface area contributed by atoms with Crippen LogP contribution in [0.25, 0.3) is 0 Å². The maximum absolute atomic E-state index is 10.7. The van der Waals surface area contributed by atoms with E-state index in [1.165, 1.54) is 0 Å². The highest BCUT2D eigenvalue weighted by Crippen LogP contribution is 2.18. The molecule has 0 fully saturated rings. The summed E-state index contributed by atoms with van der Waals surface area (Å²) in [6.07, 6.45) is -0.640. The number of benzene rings is 1. The Labute approximate surface area is 81.4 Å². The van der Waals surface area contributed by atoms with Gasteiger partial charge >= 0.3 is 0 Å². The third-order valence-corrected chi connectivity index (χ3v) is 1.74. The fourth-order valence-electron chi connectivity index (χ4n) is 0.803. The van der Waals surface area contributed by atoms with Gasteiger partial charge in [-0.25, -0.2) is 0 Å². The monoisotopic (exact) mass is 199 g/mol. The van der Waals surface area contributed by atoms with Gasteiger partial charge in [-0.3, -0.25) is 4.79 Å². The molecule has 0 saturated carbocycles. The molecule has 13 heavy (non-hydrogen) atoms. The molecule has 0 saturated heterocycles. The van der Waals surface area contributed by atoms with Crippen LogP contribution >= 0.6 is 11.6 Å².